The van der Waals surface area contributed by atoms with Gasteiger partial charge in [0.2, 0.25) is 0 Å². The quantitative estimate of drug-likeness (QED) is 0.571. The fourth-order valence-electron chi connectivity index (χ4n) is 5.87. The van der Waals surface area contributed by atoms with Gasteiger partial charge in [-0.25, -0.2) is 0 Å². The summed E-state index contributed by atoms with van der Waals surface area (Å²) in [5.74, 6) is 2.66. The molecule has 28 heavy (non-hydrogen) atoms. The summed E-state index contributed by atoms with van der Waals surface area (Å²) in [6.45, 7) is 8.35. The molecule has 3 rings (SSSR count). The Labute approximate surface area is 169 Å². The van der Waals surface area contributed by atoms with Crippen LogP contribution < -0.4 is 0 Å². The number of furan rings is 1. The Morgan fingerprint density at radius 2 is 2.00 bits per heavy atom. The van der Waals surface area contributed by atoms with Crippen molar-refractivity contribution in [2.75, 3.05) is 0 Å². The van der Waals surface area contributed by atoms with Gasteiger partial charge in [0.25, 0.3) is 0 Å². The predicted octanol–water partition coefficient (Wildman–Crippen LogP) is 5.20. The van der Waals surface area contributed by atoms with Crippen LogP contribution in [-0.2, 0) is 13.2 Å². The van der Waals surface area contributed by atoms with Crippen molar-refractivity contribution in [1.29, 1.82) is 0 Å². The van der Waals surface area contributed by atoms with Gasteiger partial charge in [0, 0.05) is 5.56 Å². The molecule has 1 saturated carbocycles. The van der Waals surface area contributed by atoms with Gasteiger partial charge in [-0.2, -0.15) is 0 Å². The Morgan fingerprint density at radius 3 is 2.61 bits per heavy atom. The van der Waals surface area contributed by atoms with Gasteiger partial charge in [-0.3, -0.25) is 0 Å². The van der Waals surface area contributed by atoms with Crippen LogP contribution >= 0.6 is 0 Å². The molecule has 3 N–H and O–H groups in total. The first-order chi connectivity index (χ1) is 13.2. The van der Waals surface area contributed by atoms with E-state index in [9.17, 15) is 15.3 Å². The molecule has 0 amide bonds. The highest BCUT2D eigenvalue weighted by Gasteiger charge is 2.47. The van der Waals surface area contributed by atoms with E-state index in [1.165, 1.54) is 18.4 Å². The van der Waals surface area contributed by atoms with Crippen molar-refractivity contribution in [3.05, 3.63) is 28.7 Å². The molecule has 0 spiro atoms. The third kappa shape index (κ3) is 4.24. The first kappa shape index (κ1) is 21.6. The fourth-order valence-corrected chi connectivity index (χ4v) is 5.87. The van der Waals surface area contributed by atoms with Gasteiger partial charge in [-0.1, -0.05) is 32.3 Å². The van der Waals surface area contributed by atoms with Gasteiger partial charge >= 0.3 is 0 Å². The summed E-state index contributed by atoms with van der Waals surface area (Å²) in [7, 11) is 0. The monoisotopic (exact) mass is 390 g/mol. The second-order valence-corrected chi connectivity index (χ2v) is 9.93. The normalized spacial score (nSPS) is 26.6. The average Bonchev–Trinajstić information content (AvgIpc) is 3.20. The maximum absolute atomic E-state index is 10.0. The summed E-state index contributed by atoms with van der Waals surface area (Å²) >= 11 is 0. The fraction of sp³-hybridized carbons (Fsp3) is 0.750. The third-order valence-electron chi connectivity index (χ3n) is 7.34. The van der Waals surface area contributed by atoms with Crippen LogP contribution in [0.15, 0.2) is 16.1 Å². The molecular formula is C24H38O4. The van der Waals surface area contributed by atoms with Crippen molar-refractivity contribution in [1.82, 2.24) is 0 Å². The lowest BCUT2D eigenvalue weighted by Gasteiger charge is -2.40. The molecule has 0 saturated heterocycles. The van der Waals surface area contributed by atoms with Crippen LogP contribution in [0.1, 0.15) is 96.1 Å². The molecule has 0 aromatic carbocycles. The first-order valence-corrected chi connectivity index (χ1v) is 11.0. The number of allylic oxidation sites excluding steroid dienone is 2. The zero-order valence-electron chi connectivity index (χ0n) is 18.1. The lowest BCUT2D eigenvalue weighted by atomic mass is 9.64. The Morgan fingerprint density at radius 1 is 1.25 bits per heavy atom. The second-order valence-electron chi connectivity index (χ2n) is 9.93. The van der Waals surface area contributed by atoms with Crippen LogP contribution in [-0.4, -0.2) is 20.9 Å². The highest BCUT2D eigenvalue weighted by atomic mass is 16.4. The average molecular weight is 391 g/mol. The molecule has 4 heteroatoms. The van der Waals surface area contributed by atoms with Crippen LogP contribution in [0.5, 0.6) is 0 Å². The van der Waals surface area contributed by atoms with Gasteiger partial charge in [0.1, 0.15) is 18.1 Å². The lowest BCUT2D eigenvalue weighted by Crippen LogP contribution is -2.31. The van der Waals surface area contributed by atoms with E-state index in [2.05, 4.69) is 13.8 Å². The molecule has 158 valence electrons. The van der Waals surface area contributed by atoms with Crippen LogP contribution in [0.3, 0.4) is 0 Å². The summed E-state index contributed by atoms with van der Waals surface area (Å²) in [6, 6.07) is 1.93. The molecule has 0 bridgehead atoms. The van der Waals surface area contributed by atoms with Gasteiger partial charge < -0.3 is 19.7 Å². The smallest absolute Gasteiger partial charge is 0.135 e. The van der Waals surface area contributed by atoms with E-state index in [1.54, 1.807) is 5.57 Å². The van der Waals surface area contributed by atoms with Crippen molar-refractivity contribution in [3.63, 3.8) is 0 Å². The molecule has 4 nitrogen and oxygen atoms in total. The van der Waals surface area contributed by atoms with E-state index >= 15 is 0 Å². The van der Waals surface area contributed by atoms with Gasteiger partial charge in [0.05, 0.1) is 12.2 Å². The number of aliphatic hydroxyl groups excluding tert-OH is 2. The zero-order valence-corrected chi connectivity index (χ0v) is 18.1. The molecule has 2 aliphatic rings. The first-order valence-electron chi connectivity index (χ1n) is 11.0. The van der Waals surface area contributed by atoms with E-state index in [1.807, 2.05) is 19.9 Å². The molecule has 2 aliphatic carbocycles. The maximum atomic E-state index is 10.0. The van der Waals surface area contributed by atoms with E-state index in [0.29, 0.717) is 23.2 Å². The van der Waals surface area contributed by atoms with Crippen LogP contribution in [0, 0.1) is 17.3 Å². The molecule has 1 heterocycles. The largest absolute Gasteiger partial charge is 0.459 e. The van der Waals surface area contributed by atoms with Crippen molar-refractivity contribution in [3.8, 4) is 0 Å². The summed E-state index contributed by atoms with van der Waals surface area (Å²) in [5, 5.41) is 29.1. The highest BCUT2D eigenvalue weighted by molar-refractivity contribution is 5.69. The SMILES string of the molecule is C[C@H](CCCC(C)(C)O)[C@H]1CCC2=C(c3cc(CO)c(CO)o3)CCC[C@@]21C. The standard InChI is InChI=1S/C24H38O4/c1-16(7-5-11-23(2,3)27)19-9-10-20-18(8-6-12-24(19,20)4)21-13-17(14-25)22(15-26)28-21/h13,16,19,25-27H,5-12,14-15H2,1-4H3/t16-,19-,24-/m1/s1. The molecule has 1 aromatic rings. The molecule has 0 unspecified atom stereocenters. The number of fused-ring (bicyclic) bond motifs is 1. The summed E-state index contributed by atoms with van der Waals surface area (Å²) in [4.78, 5) is 0. The molecule has 1 aromatic heterocycles. The van der Waals surface area contributed by atoms with Gasteiger partial charge in [0.15, 0.2) is 0 Å². The van der Waals surface area contributed by atoms with Crippen LogP contribution in [0.25, 0.3) is 5.57 Å². The third-order valence-corrected chi connectivity index (χ3v) is 7.34. The molecule has 3 atom stereocenters. The van der Waals surface area contributed by atoms with Crippen molar-refractivity contribution >= 4 is 5.57 Å². The van der Waals surface area contributed by atoms with E-state index < -0.39 is 5.60 Å². The highest BCUT2D eigenvalue weighted by Crippen LogP contribution is 2.59. The minimum absolute atomic E-state index is 0.0971. The van der Waals surface area contributed by atoms with Crippen molar-refractivity contribution < 1.29 is 19.7 Å². The van der Waals surface area contributed by atoms with Crippen LogP contribution in [0.4, 0.5) is 0 Å². The number of rotatable bonds is 8. The lowest BCUT2D eigenvalue weighted by molar-refractivity contribution is 0.0641. The van der Waals surface area contributed by atoms with E-state index in [0.717, 1.165) is 44.3 Å². The van der Waals surface area contributed by atoms with E-state index in [-0.39, 0.29) is 18.6 Å². The molecular weight excluding hydrogens is 352 g/mol. The summed E-state index contributed by atoms with van der Waals surface area (Å²) < 4.78 is 5.95. The summed E-state index contributed by atoms with van der Waals surface area (Å²) in [6.07, 6.45) is 8.84. The Bertz CT molecular complexity index is 687. The minimum atomic E-state index is -0.573. The number of aliphatic hydroxyl groups is 3. The molecule has 0 aliphatic heterocycles. The zero-order chi connectivity index (χ0) is 20.5. The molecule has 1 fully saturated rings. The Hall–Kier alpha value is -1.10. The maximum Gasteiger partial charge on any atom is 0.135 e. The van der Waals surface area contributed by atoms with Gasteiger partial charge in [-0.15, -0.1) is 0 Å². The number of hydrogen-bond donors (Lipinski definition) is 3. The molecule has 0 radical (unpaired) electrons. The van der Waals surface area contributed by atoms with Crippen molar-refractivity contribution in [2.45, 2.75) is 97.9 Å². The van der Waals surface area contributed by atoms with E-state index in [4.69, 9.17) is 4.42 Å². The van der Waals surface area contributed by atoms with Gasteiger partial charge in [-0.05, 0) is 81.3 Å². The minimum Gasteiger partial charge on any atom is -0.459 e. The Balaban J connectivity index is 1.82. The second kappa shape index (κ2) is 8.33. The van der Waals surface area contributed by atoms with Crippen molar-refractivity contribution in [2.24, 2.45) is 17.3 Å². The predicted molar refractivity (Wildman–Crippen MR) is 111 cm³/mol. The van der Waals surface area contributed by atoms with Crippen LogP contribution in [0.2, 0.25) is 0 Å². The topological polar surface area (TPSA) is 73.8 Å². The Kier molecular flexibility index (Phi) is 6.43. The number of hydrogen-bond acceptors (Lipinski definition) is 4. The summed E-state index contributed by atoms with van der Waals surface area (Å²) in [5.41, 5.74) is 3.20.